The number of rotatable bonds is 5. The molecule has 1 rings (SSSR count). The molecule has 0 saturated carbocycles. The zero-order valence-corrected chi connectivity index (χ0v) is 10.8. The monoisotopic (exact) mass is 225 g/mol. The lowest BCUT2D eigenvalue weighted by atomic mass is 9.94. The summed E-state index contributed by atoms with van der Waals surface area (Å²) in [6, 6.07) is 3.22. The predicted molar refractivity (Wildman–Crippen MR) is 64.1 cm³/mol. The second-order valence-electron chi connectivity index (χ2n) is 4.93. The van der Waals surface area contributed by atoms with Crippen LogP contribution in [-0.4, -0.2) is 49.8 Å². The molecule has 1 heterocycles. The molecular weight excluding hydrogens is 202 g/mol. The van der Waals surface area contributed by atoms with Crippen LogP contribution in [-0.2, 0) is 4.74 Å². The van der Waals surface area contributed by atoms with E-state index < -0.39 is 5.54 Å². The predicted octanol–water partition coefficient (Wildman–Crippen LogP) is 0.987. The SMILES string of the molecule is CNC(C)(C#N)CC(C)N(C)C1CCOC1. The third-order valence-corrected chi connectivity index (χ3v) is 3.68. The van der Waals surface area contributed by atoms with Gasteiger partial charge >= 0.3 is 0 Å². The highest BCUT2D eigenvalue weighted by Gasteiger charge is 2.30. The van der Waals surface area contributed by atoms with E-state index in [1.807, 2.05) is 14.0 Å². The van der Waals surface area contributed by atoms with Gasteiger partial charge < -0.3 is 10.1 Å². The van der Waals surface area contributed by atoms with Crippen LogP contribution >= 0.6 is 0 Å². The molecule has 3 atom stereocenters. The van der Waals surface area contributed by atoms with Gasteiger partial charge in [-0.15, -0.1) is 0 Å². The standard InChI is InChI=1S/C12H23N3O/c1-10(7-12(2,9-13)14-3)15(4)11-5-6-16-8-11/h10-11,14H,5-8H2,1-4H3. The molecule has 4 nitrogen and oxygen atoms in total. The maximum atomic E-state index is 9.13. The van der Waals surface area contributed by atoms with Crippen molar-refractivity contribution in [2.75, 3.05) is 27.3 Å². The molecule has 3 unspecified atom stereocenters. The zero-order valence-electron chi connectivity index (χ0n) is 10.8. The lowest BCUT2D eigenvalue weighted by molar-refractivity contribution is 0.126. The number of hydrogen-bond acceptors (Lipinski definition) is 4. The van der Waals surface area contributed by atoms with Crippen molar-refractivity contribution in [2.45, 2.75) is 44.3 Å². The van der Waals surface area contributed by atoms with Gasteiger partial charge in [-0.3, -0.25) is 4.90 Å². The molecule has 16 heavy (non-hydrogen) atoms. The molecule has 0 aromatic heterocycles. The van der Waals surface area contributed by atoms with Gasteiger partial charge in [-0.2, -0.15) is 5.26 Å². The molecule has 1 saturated heterocycles. The van der Waals surface area contributed by atoms with Crippen molar-refractivity contribution in [3.05, 3.63) is 0 Å². The largest absolute Gasteiger partial charge is 0.380 e. The van der Waals surface area contributed by atoms with E-state index in [4.69, 9.17) is 10.00 Å². The van der Waals surface area contributed by atoms with Crippen LogP contribution < -0.4 is 5.32 Å². The Labute approximate surface area is 98.6 Å². The topological polar surface area (TPSA) is 48.3 Å². The van der Waals surface area contributed by atoms with E-state index in [2.05, 4.69) is 30.3 Å². The lowest BCUT2D eigenvalue weighted by Gasteiger charge is -2.34. The molecule has 1 N–H and O–H groups in total. The first-order valence-corrected chi connectivity index (χ1v) is 5.92. The van der Waals surface area contributed by atoms with E-state index >= 15 is 0 Å². The van der Waals surface area contributed by atoms with Crippen LogP contribution in [0.3, 0.4) is 0 Å². The van der Waals surface area contributed by atoms with E-state index in [9.17, 15) is 0 Å². The summed E-state index contributed by atoms with van der Waals surface area (Å²) in [5.41, 5.74) is -0.437. The fourth-order valence-electron chi connectivity index (χ4n) is 2.14. The van der Waals surface area contributed by atoms with Crippen LogP contribution in [0.25, 0.3) is 0 Å². The molecule has 0 aliphatic carbocycles. The van der Waals surface area contributed by atoms with Gasteiger partial charge in [0.15, 0.2) is 0 Å². The molecule has 4 heteroatoms. The lowest BCUT2D eigenvalue weighted by Crippen LogP contribution is -2.47. The van der Waals surface area contributed by atoms with E-state index in [1.165, 1.54) is 0 Å². The summed E-state index contributed by atoms with van der Waals surface area (Å²) >= 11 is 0. The normalized spacial score (nSPS) is 26.4. The van der Waals surface area contributed by atoms with Crippen molar-refractivity contribution >= 4 is 0 Å². The van der Waals surface area contributed by atoms with Gasteiger partial charge in [-0.05, 0) is 40.8 Å². The number of nitriles is 1. The summed E-state index contributed by atoms with van der Waals surface area (Å²) in [6.07, 6.45) is 1.93. The highest BCUT2D eigenvalue weighted by atomic mass is 16.5. The molecule has 0 bridgehead atoms. The Morgan fingerprint density at radius 1 is 1.69 bits per heavy atom. The molecule has 1 fully saturated rings. The molecular formula is C12H23N3O. The van der Waals surface area contributed by atoms with Gasteiger partial charge in [-0.25, -0.2) is 0 Å². The first-order valence-electron chi connectivity index (χ1n) is 5.92. The van der Waals surface area contributed by atoms with Gasteiger partial charge in [0.1, 0.15) is 5.54 Å². The number of nitrogens with one attached hydrogen (secondary N) is 1. The van der Waals surface area contributed by atoms with Crippen molar-refractivity contribution < 1.29 is 4.74 Å². The minimum atomic E-state index is -0.437. The molecule has 0 amide bonds. The Hall–Kier alpha value is -0.630. The maximum absolute atomic E-state index is 9.13. The van der Waals surface area contributed by atoms with Gasteiger partial charge in [0.25, 0.3) is 0 Å². The Kier molecular flexibility index (Phi) is 4.72. The van der Waals surface area contributed by atoms with Crippen molar-refractivity contribution in [3.63, 3.8) is 0 Å². The minimum absolute atomic E-state index is 0.379. The number of likely N-dealkylation sites (N-methyl/N-ethyl adjacent to an activating group) is 1. The quantitative estimate of drug-likeness (QED) is 0.758. The van der Waals surface area contributed by atoms with E-state index in [0.29, 0.717) is 12.1 Å². The zero-order chi connectivity index (χ0) is 12.2. The summed E-state index contributed by atoms with van der Waals surface area (Å²) in [5.74, 6) is 0. The van der Waals surface area contributed by atoms with Crippen LogP contribution in [0.15, 0.2) is 0 Å². The fraction of sp³-hybridized carbons (Fsp3) is 0.917. The molecule has 0 spiro atoms. The summed E-state index contributed by atoms with van der Waals surface area (Å²) in [4.78, 5) is 2.33. The molecule has 92 valence electrons. The molecule has 0 aromatic rings. The molecule has 0 aromatic carbocycles. The minimum Gasteiger partial charge on any atom is -0.380 e. The summed E-state index contributed by atoms with van der Waals surface area (Å²) in [7, 11) is 3.96. The third kappa shape index (κ3) is 3.18. The summed E-state index contributed by atoms with van der Waals surface area (Å²) in [6.45, 7) is 5.81. The summed E-state index contributed by atoms with van der Waals surface area (Å²) in [5, 5.41) is 12.2. The van der Waals surface area contributed by atoms with Crippen LogP contribution in [0.1, 0.15) is 26.7 Å². The Morgan fingerprint density at radius 2 is 2.38 bits per heavy atom. The number of nitrogens with zero attached hydrogens (tertiary/aromatic N) is 2. The fourth-order valence-corrected chi connectivity index (χ4v) is 2.14. The Bertz CT molecular complexity index is 257. The first kappa shape index (κ1) is 13.4. The van der Waals surface area contributed by atoms with Crippen LogP contribution in [0.4, 0.5) is 0 Å². The average Bonchev–Trinajstić information content (AvgIpc) is 2.81. The van der Waals surface area contributed by atoms with Crippen LogP contribution in [0.5, 0.6) is 0 Å². The average molecular weight is 225 g/mol. The second-order valence-corrected chi connectivity index (χ2v) is 4.93. The van der Waals surface area contributed by atoms with E-state index in [1.54, 1.807) is 0 Å². The Morgan fingerprint density at radius 3 is 2.81 bits per heavy atom. The van der Waals surface area contributed by atoms with Crippen molar-refractivity contribution in [3.8, 4) is 6.07 Å². The second kappa shape index (κ2) is 5.62. The molecule has 1 aliphatic rings. The van der Waals surface area contributed by atoms with Gasteiger partial charge in [0.05, 0.1) is 12.7 Å². The molecule has 0 radical (unpaired) electrons. The number of ether oxygens (including phenoxy) is 1. The third-order valence-electron chi connectivity index (χ3n) is 3.68. The van der Waals surface area contributed by atoms with Crippen molar-refractivity contribution in [1.82, 2.24) is 10.2 Å². The van der Waals surface area contributed by atoms with Crippen molar-refractivity contribution in [1.29, 1.82) is 5.26 Å². The van der Waals surface area contributed by atoms with Crippen LogP contribution in [0.2, 0.25) is 0 Å². The van der Waals surface area contributed by atoms with E-state index in [-0.39, 0.29) is 0 Å². The highest BCUT2D eigenvalue weighted by molar-refractivity contribution is 5.04. The summed E-state index contributed by atoms with van der Waals surface area (Å²) < 4.78 is 5.39. The van der Waals surface area contributed by atoms with Gasteiger partial charge in [0, 0.05) is 18.7 Å². The van der Waals surface area contributed by atoms with Crippen LogP contribution in [0, 0.1) is 11.3 Å². The van der Waals surface area contributed by atoms with Gasteiger partial charge in [-0.1, -0.05) is 0 Å². The first-order chi connectivity index (χ1) is 7.52. The van der Waals surface area contributed by atoms with Crippen molar-refractivity contribution in [2.24, 2.45) is 0 Å². The van der Waals surface area contributed by atoms with E-state index in [0.717, 1.165) is 26.1 Å². The highest BCUT2D eigenvalue weighted by Crippen LogP contribution is 2.19. The maximum Gasteiger partial charge on any atom is 0.105 e. The number of hydrogen-bond donors (Lipinski definition) is 1. The smallest absolute Gasteiger partial charge is 0.105 e. The molecule has 1 aliphatic heterocycles. The Balaban J connectivity index is 2.50. The van der Waals surface area contributed by atoms with Gasteiger partial charge in [0.2, 0.25) is 0 Å².